The van der Waals surface area contributed by atoms with Crippen LogP contribution in [0.25, 0.3) is 11.4 Å². The van der Waals surface area contributed by atoms with Crippen LogP contribution < -0.4 is 0 Å². The molecule has 4 rings (SSSR count). The first-order valence-corrected chi connectivity index (χ1v) is 13.0. The van der Waals surface area contributed by atoms with Crippen LogP contribution in [0.3, 0.4) is 0 Å². The minimum absolute atomic E-state index is 0.203. The van der Waals surface area contributed by atoms with E-state index in [9.17, 15) is 4.79 Å². The molecule has 0 spiro atoms. The first kappa shape index (κ1) is 21.9. The van der Waals surface area contributed by atoms with E-state index in [2.05, 4.69) is 42.8 Å². The molecule has 30 heavy (non-hydrogen) atoms. The summed E-state index contributed by atoms with van der Waals surface area (Å²) in [5, 5.41) is 9.97. The summed E-state index contributed by atoms with van der Waals surface area (Å²) in [6, 6.07) is 9.07. The third-order valence-corrected chi connectivity index (χ3v) is 7.95. The maximum Gasteiger partial charge on any atom is 0.233 e. The van der Waals surface area contributed by atoms with Crippen molar-refractivity contribution in [1.82, 2.24) is 19.7 Å². The first-order valence-electron chi connectivity index (χ1n) is 11.2. The highest BCUT2D eigenvalue weighted by atomic mass is 79.9. The third kappa shape index (κ3) is 5.10. The van der Waals surface area contributed by atoms with Gasteiger partial charge in [0.05, 0.1) is 5.75 Å². The molecular weight excluding hydrogens is 460 g/mol. The van der Waals surface area contributed by atoms with E-state index in [0.717, 1.165) is 46.7 Å². The molecule has 5 nitrogen and oxygen atoms in total. The fraction of sp³-hybridized carbons (Fsp3) is 0.609. The highest BCUT2D eigenvalue weighted by Gasteiger charge is 2.26. The van der Waals surface area contributed by atoms with Crippen LogP contribution in [0.2, 0.25) is 0 Å². The van der Waals surface area contributed by atoms with Crippen molar-refractivity contribution in [3.8, 4) is 11.4 Å². The molecular formula is C23H31BrN4OS. The average molecular weight is 491 g/mol. The zero-order valence-electron chi connectivity index (χ0n) is 17.7. The first-order chi connectivity index (χ1) is 14.6. The molecule has 1 aromatic carbocycles. The van der Waals surface area contributed by atoms with Crippen LogP contribution in [-0.4, -0.2) is 44.4 Å². The summed E-state index contributed by atoms with van der Waals surface area (Å²) in [5.41, 5.74) is 1.07. The number of amides is 1. The Labute approximate surface area is 192 Å². The number of carbonyl (C=O) groups excluding carboxylic acids is 1. The van der Waals surface area contributed by atoms with Gasteiger partial charge in [-0.05, 0) is 37.8 Å². The number of hydrogen-bond acceptors (Lipinski definition) is 4. The Morgan fingerprint density at radius 2 is 1.80 bits per heavy atom. The van der Waals surface area contributed by atoms with Gasteiger partial charge in [-0.15, -0.1) is 10.2 Å². The fourth-order valence-corrected chi connectivity index (χ4v) is 6.10. The zero-order chi connectivity index (χ0) is 20.9. The van der Waals surface area contributed by atoms with Gasteiger partial charge < -0.3 is 4.90 Å². The van der Waals surface area contributed by atoms with Crippen molar-refractivity contribution < 1.29 is 4.79 Å². The number of carbonyl (C=O) groups is 1. The summed E-state index contributed by atoms with van der Waals surface area (Å²) in [7, 11) is 1.97. The Balaban J connectivity index is 1.53. The molecule has 2 aliphatic carbocycles. The normalized spacial score (nSPS) is 18.5. The lowest BCUT2D eigenvalue weighted by atomic mass is 9.94. The Bertz CT molecular complexity index is 859. The molecule has 0 unspecified atom stereocenters. The molecule has 1 heterocycles. The summed E-state index contributed by atoms with van der Waals surface area (Å²) >= 11 is 5.12. The number of hydrogen-bond donors (Lipinski definition) is 0. The van der Waals surface area contributed by atoms with Crippen LogP contribution in [0.4, 0.5) is 0 Å². The molecule has 0 bridgehead atoms. The van der Waals surface area contributed by atoms with E-state index in [0.29, 0.717) is 17.8 Å². The van der Waals surface area contributed by atoms with Crippen molar-refractivity contribution in [2.45, 2.75) is 81.4 Å². The van der Waals surface area contributed by atoms with Crippen molar-refractivity contribution >= 4 is 33.6 Å². The Morgan fingerprint density at radius 3 is 2.50 bits per heavy atom. The minimum atomic E-state index is 0.203. The summed E-state index contributed by atoms with van der Waals surface area (Å²) in [5.74, 6) is 1.55. The van der Waals surface area contributed by atoms with E-state index < -0.39 is 0 Å². The maximum atomic E-state index is 12.9. The van der Waals surface area contributed by atoms with Gasteiger partial charge in [-0.1, -0.05) is 78.3 Å². The van der Waals surface area contributed by atoms with E-state index in [1.54, 1.807) is 11.8 Å². The van der Waals surface area contributed by atoms with Crippen molar-refractivity contribution in [2.24, 2.45) is 0 Å². The summed E-state index contributed by atoms with van der Waals surface area (Å²) in [6.07, 6.45) is 12.2. The van der Waals surface area contributed by atoms with Crippen LogP contribution in [0.1, 0.15) is 70.3 Å². The fourth-order valence-electron chi connectivity index (χ4n) is 4.77. The second-order valence-corrected chi connectivity index (χ2v) is 10.4. The monoisotopic (exact) mass is 490 g/mol. The van der Waals surface area contributed by atoms with E-state index in [1.807, 2.05) is 24.1 Å². The lowest BCUT2D eigenvalue weighted by Crippen LogP contribution is -2.39. The van der Waals surface area contributed by atoms with E-state index in [-0.39, 0.29) is 5.91 Å². The van der Waals surface area contributed by atoms with Crippen LogP contribution in [0, 0.1) is 0 Å². The summed E-state index contributed by atoms with van der Waals surface area (Å²) in [6.45, 7) is 0. The van der Waals surface area contributed by atoms with E-state index in [4.69, 9.17) is 0 Å². The Morgan fingerprint density at radius 1 is 1.10 bits per heavy atom. The second kappa shape index (κ2) is 10.3. The van der Waals surface area contributed by atoms with Crippen LogP contribution in [0.5, 0.6) is 0 Å². The molecule has 0 radical (unpaired) electrons. The molecule has 0 atom stereocenters. The molecule has 0 saturated heterocycles. The van der Waals surface area contributed by atoms with Gasteiger partial charge in [-0.2, -0.15) is 0 Å². The molecule has 0 aliphatic heterocycles. The van der Waals surface area contributed by atoms with Crippen LogP contribution in [-0.2, 0) is 4.79 Å². The molecule has 162 valence electrons. The van der Waals surface area contributed by atoms with Crippen molar-refractivity contribution in [3.63, 3.8) is 0 Å². The van der Waals surface area contributed by atoms with Crippen LogP contribution in [0.15, 0.2) is 33.9 Å². The Hall–Kier alpha value is -1.34. The summed E-state index contributed by atoms with van der Waals surface area (Å²) in [4.78, 5) is 14.8. The number of nitrogens with zero attached hydrogens (tertiary/aromatic N) is 4. The lowest BCUT2D eigenvalue weighted by Gasteiger charge is -2.31. The lowest BCUT2D eigenvalue weighted by molar-refractivity contribution is -0.129. The third-order valence-electron chi connectivity index (χ3n) is 6.53. The molecule has 2 aliphatic rings. The SMILES string of the molecule is CN(C(=O)CSc1nnc(-c2cccc(Br)c2)n1C1CCCCC1)C1CCCCC1. The zero-order valence-corrected chi connectivity index (χ0v) is 20.1. The van der Waals surface area contributed by atoms with E-state index in [1.165, 1.54) is 38.5 Å². The second-order valence-electron chi connectivity index (χ2n) is 8.56. The smallest absolute Gasteiger partial charge is 0.233 e. The van der Waals surface area contributed by atoms with Crippen LogP contribution >= 0.6 is 27.7 Å². The molecule has 7 heteroatoms. The van der Waals surface area contributed by atoms with Gasteiger partial charge in [0.15, 0.2) is 11.0 Å². The van der Waals surface area contributed by atoms with Crippen molar-refractivity contribution in [3.05, 3.63) is 28.7 Å². The van der Waals surface area contributed by atoms with Gasteiger partial charge in [0.25, 0.3) is 0 Å². The van der Waals surface area contributed by atoms with E-state index >= 15 is 0 Å². The van der Waals surface area contributed by atoms with Gasteiger partial charge in [-0.25, -0.2) is 0 Å². The molecule has 2 saturated carbocycles. The number of halogens is 1. The van der Waals surface area contributed by atoms with Crippen molar-refractivity contribution in [2.75, 3.05) is 12.8 Å². The average Bonchev–Trinajstić information content (AvgIpc) is 3.22. The van der Waals surface area contributed by atoms with Gasteiger partial charge >= 0.3 is 0 Å². The number of rotatable bonds is 6. The molecule has 1 amide bonds. The Kier molecular flexibility index (Phi) is 7.52. The molecule has 2 fully saturated rings. The van der Waals surface area contributed by atoms with Gasteiger partial charge in [0.2, 0.25) is 5.91 Å². The molecule has 0 N–H and O–H groups in total. The number of thioether (sulfide) groups is 1. The van der Waals surface area contributed by atoms with Crippen molar-refractivity contribution in [1.29, 1.82) is 0 Å². The van der Waals surface area contributed by atoms with Gasteiger partial charge in [0.1, 0.15) is 0 Å². The number of benzene rings is 1. The molecule has 1 aromatic heterocycles. The highest BCUT2D eigenvalue weighted by molar-refractivity contribution is 9.10. The minimum Gasteiger partial charge on any atom is -0.342 e. The highest BCUT2D eigenvalue weighted by Crippen LogP contribution is 2.36. The topological polar surface area (TPSA) is 51.0 Å². The quantitative estimate of drug-likeness (QED) is 0.459. The molecule has 2 aromatic rings. The number of aromatic nitrogens is 3. The van der Waals surface area contributed by atoms with Gasteiger partial charge in [-0.3, -0.25) is 9.36 Å². The standard InChI is InChI=1S/C23H31BrN4OS/c1-27(19-11-4-2-5-12-19)21(29)16-30-23-26-25-22(17-9-8-10-18(24)15-17)28(23)20-13-6-3-7-14-20/h8-10,15,19-20H,2-7,11-14,16H2,1H3. The predicted molar refractivity (Wildman–Crippen MR) is 126 cm³/mol. The summed E-state index contributed by atoms with van der Waals surface area (Å²) < 4.78 is 3.34. The maximum absolute atomic E-state index is 12.9. The largest absolute Gasteiger partial charge is 0.342 e. The predicted octanol–water partition coefficient (Wildman–Crippen LogP) is 6.10. The van der Waals surface area contributed by atoms with Gasteiger partial charge in [0, 0.05) is 29.2 Å².